The average Bonchev–Trinajstić information content (AvgIpc) is 2.98. The molecule has 0 unspecified atom stereocenters. The largest absolute Gasteiger partial charge is 0.339 e. The maximum Gasteiger partial charge on any atom is 0.264 e. The average molecular weight is 558 g/mol. The molecule has 1 aliphatic heterocycles. The van der Waals surface area contributed by atoms with E-state index in [1.807, 2.05) is 43.3 Å². The van der Waals surface area contributed by atoms with Crippen molar-refractivity contribution in [3.05, 3.63) is 132 Å². The van der Waals surface area contributed by atoms with Gasteiger partial charge in [-0.15, -0.1) is 0 Å². The molecule has 1 aliphatic rings. The number of hydrogen-bond acceptors (Lipinski definition) is 4. The molecular weight excluding hydrogens is 525 g/mol. The second-order valence-corrected chi connectivity index (χ2v) is 11.8. The van der Waals surface area contributed by atoms with Crippen molar-refractivity contribution in [2.75, 3.05) is 37.0 Å². The highest BCUT2D eigenvalue weighted by atomic mass is 32.2. The van der Waals surface area contributed by atoms with Crippen molar-refractivity contribution in [2.24, 2.45) is 0 Å². The van der Waals surface area contributed by atoms with Gasteiger partial charge in [-0.3, -0.25) is 14.0 Å². The molecule has 40 heavy (non-hydrogen) atoms. The van der Waals surface area contributed by atoms with Crippen LogP contribution in [-0.4, -0.2) is 56.8 Å². The minimum atomic E-state index is -4.10. The summed E-state index contributed by atoms with van der Waals surface area (Å²) in [5.41, 5.74) is 3.72. The summed E-state index contributed by atoms with van der Waals surface area (Å²) in [5, 5.41) is 0. The number of benzene rings is 4. The molecule has 0 aromatic heterocycles. The van der Waals surface area contributed by atoms with Gasteiger partial charge < -0.3 is 4.90 Å². The van der Waals surface area contributed by atoms with Gasteiger partial charge in [0.15, 0.2) is 0 Å². The summed E-state index contributed by atoms with van der Waals surface area (Å²) < 4.78 is 41.9. The highest BCUT2D eigenvalue weighted by molar-refractivity contribution is 7.92. The molecule has 1 fully saturated rings. The molecule has 6 nitrogen and oxygen atoms in total. The van der Waals surface area contributed by atoms with Gasteiger partial charge in [-0.25, -0.2) is 12.8 Å². The molecule has 1 amide bonds. The van der Waals surface area contributed by atoms with E-state index in [1.165, 1.54) is 23.3 Å². The predicted octanol–water partition coefficient (Wildman–Crippen LogP) is 5.26. The summed E-state index contributed by atoms with van der Waals surface area (Å²) >= 11 is 0. The Hall–Kier alpha value is -4.01. The minimum absolute atomic E-state index is 0.0579. The number of carbonyl (C=O) groups excluding carboxylic acids is 1. The van der Waals surface area contributed by atoms with E-state index < -0.39 is 15.8 Å². The standard InChI is InChI=1S/C32H32FN3O3S/c1-25-12-16-29(17-13-25)36(40(38,39)30-18-14-28(33)15-19-30)24-31(37)34-20-22-35(23-21-34)32(26-8-4-2-5-9-26)27-10-6-3-7-11-27/h2-19,32H,20-24H2,1H3. The first kappa shape index (κ1) is 27.6. The minimum Gasteiger partial charge on any atom is -0.339 e. The molecule has 0 radical (unpaired) electrons. The number of anilines is 1. The molecule has 4 aromatic carbocycles. The van der Waals surface area contributed by atoms with Crippen LogP contribution in [0.4, 0.5) is 10.1 Å². The maximum atomic E-state index is 13.6. The van der Waals surface area contributed by atoms with Crippen LogP contribution in [0.1, 0.15) is 22.7 Å². The summed E-state index contributed by atoms with van der Waals surface area (Å²) in [5.74, 6) is -0.805. The number of piperazine rings is 1. The van der Waals surface area contributed by atoms with Crippen molar-refractivity contribution in [1.82, 2.24) is 9.80 Å². The fraction of sp³-hybridized carbons (Fsp3) is 0.219. The van der Waals surface area contributed by atoms with E-state index in [4.69, 9.17) is 0 Å². The zero-order valence-corrected chi connectivity index (χ0v) is 23.2. The van der Waals surface area contributed by atoms with Gasteiger partial charge in [-0.2, -0.15) is 0 Å². The van der Waals surface area contributed by atoms with E-state index in [0.29, 0.717) is 31.9 Å². The Bertz CT molecular complexity index is 1480. The number of amides is 1. The number of halogens is 1. The fourth-order valence-electron chi connectivity index (χ4n) is 5.10. The van der Waals surface area contributed by atoms with Crippen molar-refractivity contribution in [2.45, 2.75) is 17.9 Å². The molecule has 0 N–H and O–H groups in total. The third kappa shape index (κ3) is 6.08. The molecule has 8 heteroatoms. The lowest BCUT2D eigenvalue weighted by Crippen LogP contribution is -2.52. The van der Waals surface area contributed by atoms with Crippen LogP contribution in [-0.2, 0) is 14.8 Å². The van der Waals surface area contributed by atoms with Gasteiger partial charge in [0.25, 0.3) is 10.0 Å². The van der Waals surface area contributed by atoms with Gasteiger partial charge in [0.05, 0.1) is 16.6 Å². The van der Waals surface area contributed by atoms with Crippen LogP contribution in [0.2, 0.25) is 0 Å². The van der Waals surface area contributed by atoms with Gasteiger partial charge in [0, 0.05) is 26.2 Å². The van der Waals surface area contributed by atoms with E-state index in [9.17, 15) is 17.6 Å². The highest BCUT2D eigenvalue weighted by Crippen LogP contribution is 2.30. The van der Waals surface area contributed by atoms with Crippen LogP contribution < -0.4 is 4.31 Å². The summed E-state index contributed by atoms with van der Waals surface area (Å²) in [6.45, 7) is 3.82. The zero-order chi connectivity index (χ0) is 28.1. The summed E-state index contributed by atoms with van der Waals surface area (Å²) in [6.07, 6.45) is 0. The summed E-state index contributed by atoms with van der Waals surface area (Å²) in [7, 11) is -4.10. The van der Waals surface area contributed by atoms with Crippen LogP contribution in [0.15, 0.2) is 114 Å². The normalized spacial score (nSPS) is 14.3. The monoisotopic (exact) mass is 557 g/mol. The third-order valence-electron chi connectivity index (χ3n) is 7.27. The Morgan fingerprint density at radius 1 is 0.775 bits per heavy atom. The third-order valence-corrected chi connectivity index (χ3v) is 9.05. The molecule has 1 saturated heterocycles. The lowest BCUT2D eigenvalue weighted by atomic mass is 9.96. The Morgan fingerprint density at radius 2 is 1.30 bits per heavy atom. The number of rotatable bonds is 8. The maximum absolute atomic E-state index is 13.6. The number of aryl methyl sites for hydroxylation is 1. The van der Waals surface area contributed by atoms with Crippen LogP contribution in [0.5, 0.6) is 0 Å². The lowest BCUT2D eigenvalue weighted by Gasteiger charge is -2.40. The molecule has 0 atom stereocenters. The molecule has 0 spiro atoms. The Kier molecular flexibility index (Phi) is 8.28. The van der Waals surface area contributed by atoms with Crippen molar-refractivity contribution >= 4 is 21.6 Å². The molecule has 0 saturated carbocycles. The zero-order valence-electron chi connectivity index (χ0n) is 22.4. The molecule has 4 aromatic rings. The Labute approximate surface area is 235 Å². The van der Waals surface area contributed by atoms with Crippen LogP contribution >= 0.6 is 0 Å². The van der Waals surface area contributed by atoms with Crippen molar-refractivity contribution in [1.29, 1.82) is 0 Å². The molecule has 0 bridgehead atoms. The van der Waals surface area contributed by atoms with E-state index in [0.717, 1.165) is 22.0 Å². The van der Waals surface area contributed by atoms with Crippen molar-refractivity contribution < 1.29 is 17.6 Å². The summed E-state index contributed by atoms with van der Waals surface area (Å²) in [6, 6.07) is 32.3. The molecular formula is C32H32FN3O3S. The van der Waals surface area contributed by atoms with Crippen LogP contribution in [0.25, 0.3) is 0 Å². The molecule has 0 aliphatic carbocycles. The van der Waals surface area contributed by atoms with Crippen molar-refractivity contribution in [3.8, 4) is 0 Å². The number of nitrogens with zero attached hydrogens (tertiary/aromatic N) is 3. The first-order valence-electron chi connectivity index (χ1n) is 13.3. The number of hydrogen-bond donors (Lipinski definition) is 0. The van der Waals surface area contributed by atoms with Gasteiger partial charge in [-0.1, -0.05) is 78.4 Å². The summed E-state index contributed by atoms with van der Waals surface area (Å²) in [4.78, 5) is 17.6. The topological polar surface area (TPSA) is 60.9 Å². The first-order valence-corrected chi connectivity index (χ1v) is 14.7. The van der Waals surface area contributed by atoms with E-state index in [1.54, 1.807) is 29.2 Å². The molecule has 5 rings (SSSR count). The quantitative estimate of drug-likeness (QED) is 0.297. The van der Waals surface area contributed by atoms with Gasteiger partial charge in [0.1, 0.15) is 12.4 Å². The number of sulfonamides is 1. The smallest absolute Gasteiger partial charge is 0.264 e. The second kappa shape index (κ2) is 12.0. The SMILES string of the molecule is Cc1ccc(N(CC(=O)N2CCN(C(c3ccccc3)c3ccccc3)CC2)S(=O)(=O)c2ccc(F)cc2)cc1. The van der Waals surface area contributed by atoms with Gasteiger partial charge >= 0.3 is 0 Å². The Balaban J connectivity index is 1.34. The van der Waals surface area contributed by atoms with E-state index in [2.05, 4.69) is 29.2 Å². The number of carbonyl (C=O) groups is 1. The van der Waals surface area contributed by atoms with E-state index in [-0.39, 0.29) is 23.4 Å². The molecule has 206 valence electrons. The lowest BCUT2D eigenvalue weighted by molar-refractivity contribution is -0.131. The fourth-order valence-corrected chi connectivity index (χ4v) is 6.51. The highest BCUT2D eigenvalue weighted by Gasteiger charge is 2.32. The second-order valence-electron chi connectivity index (χ2n) is 9.94. The first-order chi connectivity index (χ1) is 19.3. The van der Waals surface area contributed by atoms with Crippen LogP contribution in [0.3, 0.4) is 0 Å². The van der Waals surface area contributed by atoms with Crippen molar-refractivity contribution in [3.63, 3.8) is 0 Å². The Morgan fingerprint density at radius 3 is 1.82 bits per heavy atom. The van der Waals surface area contributed by atoms with Gasteiger partial charge in [-0.05, 0) is 54.4 Å². The van der Waals surface area contributed by atoms with Gasteiger partial charge in [0.2, 0.25) is 5.91 Å². The predicted molar refractivity (Wildman–Crippen MR) is 155 cm³/mol. The van der Waals surface area contributed by atoms with Crippen LogP contribution in [0, 0.1) is 12.7 Å². The van der Waals surface area contributed by atoms with E-state index >= 15 is 0 Å². The molecule has 1 heterocycles.